The van der Waals surface area contributed by atoms with E-state index in [2.05, 4.69) is 36.4 Å². The first-order valence-corrected chi connectivity index (χ1v) is 11.6. The predicted molar refractivity (Wildman–Crippen MR) is 135 cm³/mol. The van der Waals surface area contributed by atoms with Crippen LogP contribution in [0.15, 0.2) is 42.5 Å². The van der Waals surface area contributed by atoms with Crippen LogP contribution in [0, 0.1) is 5.92 Å². The number of fused-ring (bicyclic) bond motifs is 1. The van der Waals surface area contributed by atoms with Gasteiger partial charge in [-0.05, 0) is 50.2 Å². The Labute approximate surface area is 206 Å². The minimum Gasteiger partial charge on any atom is -0.491 e. The molecule has 0 unspecified atom stereocenters. The van der Waals surface area contributed by atoms with Crippen molar-refractivity contribution in [2.45, 2.75) is 26.0 Å². The number of likely N-dealkylation sites (N-methyl/N-ethyl adjacent to an activating group) is 2. The Kier molecular flexibility index (Phi) is 8.77. The summed E-state index contributed by atoms with van der Waals surface area (Å²) in [6.45, 7) is 5.88. The van der Waals surface area contributed by atoms with E-state index >= 15 is 0 Å². The SMILES string of the molecule is CO[C@@H]1CN(C)C(=O)c2cc(NC(=O)Nc3ccccc3Cl)ccc2OC[C@@H](C)N(C)C[C@H]1C. The molecule has 8 nitrogen and oxygen atoms in total. The molecule has 0 aromatic heterocycles. The smallest absolute Gasteiger partial charge is 0.323 e. The van der Waals surface area contributed by atoms with Gasteiger partial charge < -0.3 is 25.0 Å². The fraction of sp³-hybridized carbons (Fsp3) is 0.440. The number of rotatable bonds is 3. The highest BCUT2D eigenvalue weighted by Gasteiger charge is 2.27. The zero-order valence-electron chi connectivity index (χ0n) is 20.3. The second kappa shape index (κ2) is 11.6. The van der Waals surface area contributed by atoms with Gasteiger partial charge in [0.25, 0.3) is 5.91 Å². The maximum absolute atomic E-state index is 13.4. The number of ether oxygens (including phenoxy) is 2. The molecule has 1 aliphatic rings. The number of anilines is 2. The fourth-order valence-corrected chi connectivity index (χ4v) is 4.07. The fourth-order valence-electron chi connectivity index (χ4n) is 3.88. The Morgan fingerprint density at radius 3 is 2.56 bits per heavy atom. The summed E-state index contributed by atoms with van der Waals surface area (Å²) >= 11 is 6.12. The van der Waals surface area contributed by atoms with E-state index in [4.69, 9.17) is 21.1 Å². The summed E-state index contributed by atoms with van der Waals surface area (Å²) in [5.74, 6) is 0.478. The van der Waals surface area contributed by atoms with Crippen LogP contribution in [0.4, 0.5) is 16.2 Å². The third-order valence-corrected chi connectivity index (χ3v) is 6.47. The van der Waals surface area contributed by atoms with Crippen molar-refractivity contribution in [3.05, 3.63) is 53.1 Å². The zero-order chi connectivity index (χ0) is 24.8. The molecule has 3 atom stereocenters. The molecule has 34 heavy (non-hydrogen) atoms. The van der Waals surface area contributed by atoms with E-state index in [-0.39, 0.29) is 24.0 Å². The van der Waals surface area contributed by atoms with Gasteiger partial charge in [-0.1, -0.05) is 30.7 Å². The Hall–Kier alpha value is -2.81. The number of carbonyl (C=O) groups is 2. The van der Waals surface area contributed by atoms with Crippen LogP contribution in [-0.2, 0) is 4.74 Å². The van der Waals surface area contributed by atoms with Crippen LogP contribution in [0.2, 0.25) is 5.02 Å². The van der Waals surface area contributed by atoms with Gasteiger partial charge in [0.15, 0.2) is 0 Å². The summed E-state index contributed by atoms with van der Waals surface area (Å²) in [4.78, 5) is 29.8. The van der Waals surface area contributed by atoms with Crippen molar-refractivity contribution in [1.82, 2.24) is 9.80 Å². The Morgan fingerprint density at radius 1 is 1.12 bits per heavy atom. The van der Waals surface area contributed by atoms with Gasteiger partial charge in [-0.3, -0.25) is 9.69 Å². The normalized spacial score (nSPS) is 22.1. The van der Waals surface area contributed by atoms with Gasteiger partial charge in [0.05, 0.1) is 22.4 Å². The molecule has 0 saturated carbocycles. The molecule has 1 heterocycles. The topological polar surface area (TPSA) is 83.1 Å². The number of para-hydroxylation sites is 1. The van der Waals surface area contributed by atoms with Crippen molar-refractivity contribution in [1.29, 1.82) is 0 Å². The summed E-state index contributed by atoms with van der Waals surface area (Å²) < 4.78 is 11.8. The standard InChI is InChI=1S/C25H33ClN4O4/c1-16-13-29(3)17(2)15-34-22-11-10-18(12-19(22)24(31)30(4)14-23(16)33-5)27-25(32)28-21-9-7-6-8-20(21)26/h6-12,16-17,23H,13-15H2,1-5H3,(H2,27,28,32)/t16-,17-,23-/m1/s1. The first-order chi connectivity index (χ1) is 16.2. The van der Waals surface area contributed by atoms with Gasteiger partial charge >= 0.3 is 6.03 Å². The van der Waals surface area contributed by atoms with E-state index in [0.29, 0.717) is 40.9 Å². The quantitative estimate of drug-likeness (QED) is 0.668. The van der Waals surface area contributed by atoms with Gasteiger partial charge in [-0.2, -0.15) is 0 Å². The summed E-state index contributed by atoms with van der Waals surface area (Å²) in [6, 6.07) is 11.7. The maximum atomic E-state index is 13.4. The average molecular weight is 489 g/mol. The lowest BCUT2D eigenvalue weighted by Gasteiger charge is -2.34. The third-order valence-electron chi connectivity index (χ3n) is 6.14. The number of nitrogens with one attached hydrogen (secondary N) is 2. The van der Waals surface area contributed by atoms with E-state index in [9.17, 15) is 9.59 Å². The Morgan fingerprint density at radius 2 is 1.85 bits per heavy atom. The number of amides is 3. The zero-order valence-corrected chi connectivity index (χ0v) is 21.1. The van der Waals surface area contributed by atoms with Gasteiger partial charge in [0.2, 0.25) is 0 Å². The molecule has 9 heteroatoms. The largest absolute Gasteiger partial charge is 0.491 e. The molecule has 2 aromatic rings. The number of methoxy groups -OCH3 is 1. The van der Waals surface area contributed by atoms with E-state index in [1.165, 1.54) is 0 Å². The first-order valence-electron chi connectivity index (χ1n) is 11.3. The minimum atomic E-state index is -0.466. The van der Waals surface area contributed by atoms with Crippen LogP contribution in [0.1, 0.15) is 24.2 Å². The molecule has 184 valence electrons. The van der Waals surface area contributed by atoms with Crippen LogP contribution in [0.25, 0.3) is 0 Å². The average Bonchev–Trinajstić information content (AvgIpc) is 2.81. The second-order valence-corrected chi connectivity index (χ2v) is 9.21. The molecule has 2 N–H and O–H groups in total. The number of urea groups is 1. The lowest BCUT2D eigenvalue weighted by Crippen LogP contribution is -2.45. The number of hydrogen-bond donors (Lipinski definition) is 2. The second-order valence-electron chi connectivity index (χ2n) is 8.81. The summed E-state index contributed by atoms with van der Waals surface area (Å²) in [7, 11) is 5.47. The highest BCUT2D eigenvalue weighted by molar-refractivity contribution is 6.33. The number of halogens is 1. The van der Waals surface area contributed by atoms with Gasteiger partial charge in [-0.15, -0.1) is 0 Å². The predicted octanol–water partition coefficient (Wildman–Crippen LogP) is 4.42. The lowest BCUT2D eigenvalue weighted by atomic mass is 10.0. The van der Waals surface area contributed by atoms with Crippen LogP contribution in [-0.4, -0.2) is 74.8 Å². The monoisotopic (exact) mass is 488 g/mol. The third kappa shape index (κ3) is 6.40. The maximum Gasteiger partial charge on any atom is 0.323 e. The van der Waals surface area contributed by atoms with Crippen molar-refractivity contribution in [3.63, 3.8) is 0 Å². The molecule has 1 aliphatic heterocycles. The van der Waals surface area contributed by atoms with Crippen LogP contribution < -0.4 is 15.4 Å². The molecule has 0 aliphatic carbocycles. The van der Waals surface area contributed by atoms with Gasteiger partial charge in [0.1, 0.15) is 12.4 Å². The van der Waals surface area contributed by atoms with Crippen molar-refractivity contribution in [2.75, 3.05) is 51.5 Å². The minimum absolute atomic E-state index is 0.116. The number of nitrogens with zero attached hydrogens (tertiary/aromatic N) is 2. The van der Waals surface area contributed by atoms with Crippen LogP contribution >= 0.6 is 11.6 Å². The molecule has 3 rings (SSSR count). The summed E-state index contributed by atoms with van der Waals surface area (Å²) in [5.41, 5.74) is 1.32. The molecule has 0 saturated heterocycles. The number of hydrogen-bond acceptors (Lipinski definition) is 5. The van der Waals surface area contributed by atoms with Crippen molar-refractivity contribution in [3.8, 4) is 5.75 Å². The van der Waals surface area contributed by atoms with Crippen molar-refractivity contribution < 1.29 is 19.1 Å². The Balaban J connectivity index is 1.85. The molecule has 0 radical (unpaired) electrons. The molecule has 3 amide bonds. The summed E-state index contributed by atoms with van der Waals surface area (Å²) in [5, 5.41) is 5.91. The molecule has 0 spiro atoms. The van der Waals surface area contributed by atoms with E-state index < -0.39 is 6.03 Å². The molecule has 0 bridgehead atoms. The molecular formula is C25H33ClN4O4. The van der Waals surface area contributed by atoms with E-state index in [0.717, 1.165) is 6.54 Å². The van der Waals surface area contributed by atoms with Crippen LogP contribution in [0.5, 0.6) is 5.75 Å². The van der Waals surface area contributed by atoms with Gasteiger partial charge in [0, 0.05) is 39.0 Å². The van der Waals surface area contributed by atoms with Crippen molar-refractivity contribution >= 4 is 34.9 Å². The highest BCUT2D eigenvalue weighted by Crippen LogP contribution is 2.27. The molecule has 2 aromatic carbocycles. The van der Waals surface area contributed by atoms with E-state index in [1.807, 2.05) is 0 Å². The number of benzene rings is 2. The Bertz CT molecular complexity index is 1020. The lowest BCUT2D eigenvalue weighted by molar-refractivity contribution is 0.0150. The molecule has 0 fully saturated rings. The first kappa shape index (κ1) is 25.8. The highest BCUT2D eigenvalue weighted by atomic mass is 35.5. The van der Waals surface area contributed by atoms with Crippen LogP contribution in [0.3, 0.4) is 0 Å². The van der Waals surface area contributed by atoms with Crippen molar-refractivity contribution in [2.24, 2.45) is 5.92 Å². The summed E-state index contributed by atoms with van der Waals surface area (Å²) in [6.07, 6.45) is -0.116. The van der Waals surface area contributed by atoms with Gasteiger partial charge in [-0.25, -0.2) is 4.79 Å². The molecular weight excluding hydrogens is 456 g/mol. The number of carbonyl (C=O) groups excluding carboxylic acids is 2. The van der Waals surface area contributed by atoms with E-state index in [1.54, 1.807) is 61.5 Å².